The van der Waals surface area contributed by atoms with Crippen LogP contribution in [0.5, 0.6) is 0 Å². The molecular formula is C16H27ClN2O. The largest absolute Gasteiger partial charge is 0.383 e. The molecule has 0 aliphatic heterocycles. The lowest BCUT2D eigenvalue weighted by Gasteiger charge is -2.31. The molecule has 0 saturated heterocycles. The summed E-state index contributed by atoms with van der Waals surface area (Å²) in [6, 6.07) is 6.84. The van der Waals surface area contributed by atoms with Crippen LogP contribution in [0.2, 0.25) is 5.02 Å². The maximum atomic E-state index is 6.39. The molecule has 0 radical (unpaired) electrons. The van der Waals surface area contributed by atoms with Crippen LogP contribution in [0.3, 0.4) is 0 Å². The molecule has 0 fully saturated rings. The molecule has 2 unspecified atom stereocenters. The van der Waals surface area contributed by atoms with Crippen molar-refractivity contribution in [3.05, 3.63) is 28.8 Å². The summed E-state index contributed by atoms with van der Waals surface area (Å²) in [7, 11) is 1.73. The zero-order chi connectivity index (χ0) is 15.1. The molecule has 1 aromatic rings. The minimum absolute atomic E-state index is 0.123. The minimum Gasteiger partial charge on any atom is -0.383 e. The number of hydrogen-bond acceptors (Lipinski definition) is 3. The number of ether oxygens (including phenoxy) is 1. The fourth-order valence-electron chi connectivity index (χ4n) is 2.24. The standard InChI is InChI=1S/C16H27ClN2O/c1-5-13(3)19(8-9-20-4)15-7-6-14(10-12(2)18)16(17)11-15/h6-7,11-13H,5,8-10,18H2,1-4H3. The molecule has 4 heteroatoms. The summed E-state index contributed by atoms with van der Waals surface area (Å²) >= 11 is 6.39. The zero-order valence-electron chi connectivity index (χ0n) is 13.0. The van der Waals surface area contributed by atoms with Crippen molar-refractivity contribution in [2.75, 3.05) is 25.2 Å². The molecule has 0 spiro atoms. The van der Waals surface area contributed by atoms with Gasteiger partial charge in [0.25, 0.3) is 0 Å². The van der Waals surface area contributed by atoms with Gasteiger partial charge in [-0.3, -0.25) is 0 Å². The molecule has 0 aromatic heterocycles. The van der Waals surface area contributed by atoms with Gasteiger partial charge in [0, 0.05) is 36.4 Å². The van der Waals surface area contributed by atoms with E-state index >= 15 is 0 Å². The zero-order valence-corrected chi connectivity index (χ0v) is 13.8. The monoisotopic (exact) mass is 298 g/mol. The van der Waals surface area contributed by atoms with Gasteiger partial charge in [0.15, 0.2) is 0 Å². The first kappa shape index (κ1) is 17.3. The first-order valence-corrected chi connectivity index (χ1v) is 7.67. The Morgan fingerprint density at radius 1 is 1.35 bits per heavy atom. The maximum Gasteiger partial charge on any atom is 0.0637 e. The number of benzene rings is 1. The van der Waals surface area contributed by atoms with E-state index in [1.807, 2.05) is 13.0 Å². The van der Waals surface area contributed by atoms with Crippen LogP contribution in [0.4, 0.5) is 5.69 Å². The molecule has 2 atom stereocenters. The van der Waals surface area contributed by atoms with Gasteiger partial charge in [-0.2, -0.15) is 0 Å². The first-order valence-electron chi connectivity index (χ1n) is 7.29. The maximum absolute atomic E-state index is 6.39. The molecule has 3 nitrogen and oxygen atoms in total. The number of nitrogens with two attached hydrogens (primary N) is 1. The second-order valence-corrected chi connectivity index (χ2v) is 5.81. The normalized spacial score (nSPS) is 14.1. The van der Waals surface area contributed by atoms with E-state index in [1.165, 1.54) is 0 Å². The molecule has 114 valence electrons. The summed E-state index contributed by atoms with van der Waals surface area (Å²) in [5.74, 6) is 0. The number of anilines is 1. The van der Waals surface area contributed by atoms with Gasteiger partial charge in [-0.25, -0.2) is 0 Å². The van der Waals surface area contributed by atoms with Crippen LogP contribution in [0.15, 0.2) is 18.2 Å². The number of halogens is 1. The Balaban J connectivity index is 2.93. The quantitative estimate of drug-likeness (QED) is 0.798. The van der Waals surface area contributed by atoms with Crippen LogP contribution in [-0.4, -0.2) is 32.3 Å². The van der Waals surface area contributed by atoms with Crippen molar-refractivity contribution in [3.8, 4) is 0 Å². The Kier molecular flexibility index (Phi) is 7.35. The highest BCUT2D eigenvalue weighted by molar-refractivity contribution is 6.31. The molecule has 0 bridgehead atoms. The van der Waals surface area contributed by atoms with Crippen LogP contribution in [0.1, 0.15) is 32.8 Å². The van der Waals surface area contributed by atoms with Gasteiger partial charge in [0.2, 0.25) is 0 Å². The van der Waals surface area contributed by atoms with Crippen LogP contribution < -0.4 is 10.6 Å². The topological polar surface area (TPSA) is 38.5 Å². The van der Waals surface area contributed by atoms with Gasteiger partial charge in [-0.15, -0.1) is 0 Å². The Labute approximate surface area is 128 Å². The molecule has 20 heavy (non-hydrogen) atoms. The van der Waals surface area contributed by atoms with E-state index in [1.54, 1.807) is 7.11 Å². The number of hydrogen-bond donors (Lipinski definition) is 1. The van der Waals surface area contributed by atoms with Gasteiger partial charge in [-0.05, 0) is 44.4 Å². The van der Waals surface area contributed by atoms with Crippen molar-refractivity contribution in [1.29, 1.82) is 0 Å². The van der Waals surface area contributed by atoms with Gasteiger partial charge >= 0.3 is 0 Å². The lowest BCUT2D eigenvalue weighted by atomic mass is 10.1. The van der Waals surface area contributed by atoms with E-state index in [4.69, 9.17) is 22.1 Å². The van der Waals surface area contributed by atoms with E-state index < -0.39 is 0 Å². The number of nitrogens with zero attached hydrogens (tertiary/aromatic N) is 1. The van der Waals surface area contributed by atoms with E-state index in [0.29, 0.717) is 12.6 Å². The summed E-state index contributed by atoms with van der Waals surface area (Å²) in [6.45, 7) is 7.99. The molecule has 1 aromatic carbocycles. The SMILES string of the molecule is CCC(C)N(CCOC)c1ccc(CC(C)N)c(Cl)c1. The summed E-state index contributed by atoms with van der Waals surface area (Å²) < 4.78 is 5.20. The highest BCUT2D eigenvalue weighted by atomic mass is 35.5. The Hall–Kier alpha value is -0.770. The molecule has 0 heterocycles. The molecular weight excluding hydrogens is 272 g/mol. The Morgan fingerprint density at radius 2 is 2.05 bits per heavy atom. The lowest BCUT2D eigenvalue weighted by Crippen LogP contribution is -2.35. The van der Waals surface area contributed by atoms with Gasteiger partial charge < -0.3 is 15.4 Å². The van der Waals surface area contributed by atoms with Crippen molar-refractivity contribution >= 4 is 17.3 Å². The Morgan fingerprint density at radius 3 is 2.55 bits per heavy atom. The number of methoxy groups -OCH3 is 1. The third-order valence-corrected chi connectivity index (χ3v) is 3.92. The van der Waals surface area contributed by atoms with E-state index in [9.17, 15) is 0 Å². The summed E-state index contributed by atoms with van der Waals surface area (Å²) in [5.41, 5.74) is 8.10. The average molecular weight is 299 g/mol. The van der Waals surface area contributed by atoms with Crippen LogP contribution >= 0.6 is 11.6 Å². The lowest BCUT2D eigenvalue weighted by molar-refractivity contribution is 0.203. The van der Waals surface area contributed by atoms with Crippen molar-refractivity contribution in [3.63, 3.8) is 0 Å². The molecule has 0 aliphatic carbocycles. The van der Waals surface area contributed by atoms with E-state index in [-0.39, 0.29) is 6.04 Å². The van der Waals surface area contributed by atoms with E-state index in [2.05, 4.69) is 30.9 Å². The second kappa shape index (κ2) is 8.50. The third kappa shape index (κ3) is 4.97. The molecule has 0 saturated carbocycles. The first-order chi connectivity index (χ1) is 9.49. The van der Waals surface area contributed by atoms with Crippen LogP contribution in [0, 0.1) is 0 Å². The van der Waals surface area contributed by atoms with Crippen LogP contribution in [-0.2, 0) is 11.2 Å². The van der Waals surface area contributed by atoms with Crippen molar-refractivity contribution in [2.45, 2.75) is 45.7 Å². The van der Waals surface area contributed by atoms with Crippen LogP contribution in [0.25, 0.3) is 0 Å². The highest BCUT2D eigenvalue weighted by Crippen LogP contribution is 2.26. The minimum atomic E-state index is 0.123. The fourth-order valence-corrected chi connectivity index (χ4v) is 2.49. The number of rotatable bonds is 8. The molecule has 1 rings (SSSR count). The van der Waals surface area contributed by atoms with Crippen molar-refractivity contribution < 1.29 is 4.74 Å². The van der Waals surface area contributed by atoms with Gasteiger partial charge in [0.05, 0.1) is 6.61 Å². The van der Waals surface area contributed by atoms with E-state index in [0.717, 1.165) is 35.7 Å². The molecule has 2 N–H and O–H groups in total. The van der Waals surface area contributed by atoms with Crippen molar-refractivity contribution in [2.24, 2.45) is 5.73 Å². The predicted molar refractivity (Wildman–Crippen MR) is 87.8 cm³/mol. The second-order valence-electron chi connectivity index (χ2n) is 5.40. The predicted octanol–water partition coefficient (Wildman–Crippen LogP) is 3.48. The fraction of sp³-hybridized carbons (Fsp3) is 0.625. The Bertz CT molecular complexity index is 409. The molecule has 0 aliphatic rings. The summed E-state index contributed by atoms with van der Waals surface area (Å²) in [4.78, 5) is 2.34. The average Bonchev–Trinajstić information content (AvgIpc) is 2.41. The van der Waals surface area contributed by atoms with Gasteiger partial charge in [-0.1, -0.05) is 24.6 Å². The smallest absolute Gasteiger partial charge is 0.0637 e. The highest BCUT2D eigenvalue weighted by Gasteiger charge is 2.14. The van der Waals surface area contributed by atoms with Gasteiger partial charge in [0.1, 0.15) is 0 Å². The third-order valence-electron chi connectivity index (χ3n) is 3.57. The summed E-state index contributed by atoms with van der Waals surface area (Å²) in [6.07, 6.45) is 1.89. The summed E-state index contributed by atoms with van der Waals surface area (Å²) in [5, 5.41) is 0.797. The molecule has 0 amide bonds. The van der Waals surface area contributed by atoms with Crippen molar-refractivity contribution in [1.82, 2.24) is 0 Å².